The van der Waals surface area contributed by atoms with Crippen molar-refractivity contribution < 1.29 is 32.6 Å². The maximum absolute atomic E-state index is 14.0. The molecular weight excluding hydrogens is 410 g/mol. The lowest BCUT2D eigenvalue weighted by Gasteiger charge is -2.18. The van der Waals surface area contributed by atoms with E-state index in [1.54, 1.807) is 12.1 Å². The number of esters is 1. The summed E-state index contributed by atoms with van der Waals surface area (Å²) in [5.41, 5.74) is 1.57. The van der Waals surface area contributed by atoms with Crippen LogP contribution in [0.5, 0.6) is 5.75 Å². The molecule has 1 aliphatic heterocycles. The topological polar surface area (TPSA) is 93.7 Å². The summed E-state index contributed by atoms with van der Waals surface area (Å²) in [5, 5.41) is 5.21. The summed E-state index contributed by atoms with van der Waals surface area (Å²) in [7, 11) is 1.11. The molecular formula is C22H22F2N2O5. The monoisotopic (exact) mass is 432 g/mol. The fraction of sp³-hybridized carbons (Fsp3) is 0.318. The first kappa shape index (κ1) is 22.2. The minimum Gasteiger partial charge on any atom is -0.494 e. The molecule has 2 aromatic carbocycles. The van der Waals surface area contributed by atoms with Crippen molar-refractivity contribution in [1.82, 2.24) is 5.32 Å². The number of hydrogen-bond acceptors (Lipinski definition) is 5. The Hall–Kier alpha value is -3.49. The first-order valence-corrected chi connectivity index (χ1v) is 9.75. The van der Waals surface area contributed by atoms with Crippen LogP contribution < -0.4 is 15.4 Å². The van der Waals surface area contributed by atoms with Gasteiger partial charge in [-0.15, -0.1) is 0 Å². The van der Waals surface area contributed by atoms with Crippen LogP contribution in [0, 0.1) is 11.6 Å². The van der Waals surface area contributed by atoms with Gasteiger partial charge < -0.3 is 20.1 Å². The third-order valence-corrected chi connectivity index (χ3v) is 4.80. The Morgan fingerprint density at radius 1 is 1.16 bits per heavy atom. The first-order chi connectivity index (χ1) is 14.9. The Morgan fingerprint density at radius 3 is 2.71 bits per heavy atom. The van der Waals surface area contributed by atoms with Crippen molar-refractivity contribution >= 4 is 23.5 Å². The van der Waals surface area contributed by atoms with Gasteiger partial charge in [-0.2, -0.15) is 0 Å². The van der Waals surface area contributed by atoms with Gasteiger partial charge in [-0.25, -0.2) is 13.6 Å². The van der Waals surface area contributed by atoms with Crippen LogP contribution in [0.25, 0.3) is 0 Å². The number of halogens is 2. The Kier molecular flexibility index (Phi) is 7.17. The average Bonchev–Trinajstić information content (AvgIpc) is 2.75. The summed E-state index contributed by atoms with van der Waals surface area (Å²) in [6, 6.07) is 6.69. The number of rotatable bonds is 8. The average molecular weight is 432 g/mol. The molecule has 0 bridgehead atoms. The second-order valence-electron chi connectivity index (χ2n) is 7.01. The molecule has 2 N–H and O–H groups in total. The lowest BCUT2D eigenvalue weighted by molar-refractivity contribution is -0.145. The molecule has 31 heavy (non-hydrogen) atoms. The molecule has 0 unspecified atom stereocenters. The number of carbonyl (C=O) groups is 3. The molecule has 7 nitrogen and oxygen atoms in total. The van der Waals surface area contributed by atoms with Crippen LogP contribution in [0.3, 0.4) is 0 Å². The van der Waals surface area contributed by atoms with Crippen LogP contribution in [0.1, 0.15) is 36.4 Å². The number of ether oxygens (including phenoxy) is 2. The molecule has 1 atom stereocenters. The van der Waals surface area contributed by atoms with E-state index in [4.69, 9.17) is 4.74 Å². The van der Waals surface area contributed by atoms with Crippen LogP contribution in [-0.2, 0) is 25.5 Å². The normalized spacial score (nSPS) is 13.6. The summed E-state index contributed by atoms with van der Waals surface area (Å²) < 4.78 is 37.5. The number of hydrogen-bond donors (Lipinski definition) is 2. The zero-order chi connectivity index (χ0) is 22.4. The van der Waals surface area contributed by atoms with Gasteiger partial charge in [0.1, 0.15) is 17.4 Å². The molecule has 0 spiro atoms. The summed E-state index contributed by atoms with van der Waals surface area (Å²) in [6.45, 7) is 0.242. The smallest absolute Gasteiger partial charge is 0.333 e. The SMILES string of the molecule is COC(=O)[C@@H](NC(=O)CCCOc1ccc2c(c1)CCC(=O)N2)c1ccc(F)cc1F. The highest BCUT2D eigenvalue weighted by molar-refractivity contribution is 5.94. The maximum atomic E-state index is 14.0. The fourth-order valence-electron chi connectivity index (χ4n) is 3.22. The molecule has 0 fully saturated rings. The molecule has 1 heterocycles. The zero-order valence-corrected chi connectivity index (χ0v) is 16.9. The molecule has 164 valence electrons. The fourth-order valence-corrected chi connectivity index (χ4v) is 3.22. The van der Waals surface area contributed by atoms with E-state index >= 15 is 0 Å². The second-order valence-corrected chi connectivity index (χ2v) is 7.01. The Labute approximate surface area is 177 Å². The molecule has 0 saturated carbocycles. The highest BCUT2D eigenvalue weighted by Gasteiger charge is 2.26. The van der Waals surface area contributed by atoms with Gasteiger partial charge in [-0.1, -0.05) is 6.07 Å². The van der Waals surface area contributed by atoms with Gasteiger partial charge in [-0.3, -0.25) is 9.59 Å². The maximum Gasteiger partial charge on any atom is 0.333 e. The Morgan fingerprint density at radius 2 is 1.97 bits per heavy atom. The summed E-state index contributed by atoms with van der Waals surface area (Å²) in [4.78, 5) is 35.6. The van der Waals surface area contributed by atoms with Crippen molar-refractivity contribution in [1.29, 1.82) is 0 Å². The standard InChI is InChI=1S/C22H22F2N2O5/c1-30-22(29)21(16-7-5-14(23)12-17(16)24)26-19(27)3-2-10-31-15-6-8-18-13(11-15)4-9-20(28)25-18/h5-8,11-12,21H,2-4,9-10H2,1H3,(H,25,28)(H,26,27)/t21-/m0/s1. The lowest BCUT2D eigenvalue weighted by atomic mass is 10.0. The number of benzene rings is 2. The van der Waals surface area contributed by atoms with E-state index in [0.29, 0.717) is 31.1 Å². The van der Waals surface area contributed by atoms with Crippen LogP contribution in [-0.4, -0.2) is 31.5 Å². The van der Waals surface area contributed by atoms with Gasteiger partial charge >= 0.3 is 5.97 Å². The molecule has 2 aromatic rings. The Balaban J connectivity index is 1.51. The van der Waals surface area contributed by atoms with E-state index in [2.05, 4.69) is 15.4 Å². The molecule has 0 saturated heterocycles. The van der Waals surface area contributed by atoms with E-state index in [0.717, 1.165) is 30.5 Å². The van der Waals surface area contributed by atoms with Crippen LogP contribution >= 0.6 is 0 Å². The highest BCUT2D eigenvalue weighted by atomic mass is 19.1. The van der Waals surface area contributed by atoms with Crippen molar-refractivity contribution in [3.05, 3.63) is 59.2 Å². The molecule has 0 radical (unpaired) electrons. The first-order valence-electron chi connectivity index (χ1n) is 9.75. The molecule has 0 aromatic heterocycles. The third-order valence-electron chi connectivity index (χ3n) is 4.80. The number of amides is 2. The molecule has 9 heteroatoms. The molecule has 0 aliphatic carbocycles. The van der Waals surface area contributed by atoms with Crippen LogP contribution in [0.4, 0.5) is 14.5 Å². The van der Waals surface area contributed by atoms with E-state index in [-0.39, 0.29) is 24.5 Å². The molecule has 1 aliphatic rings. The Bertz CT molecular complexity index is 996. The second kappa shape index (κ2) is 10.0. The number of carbonyl (C=O) groups excluding carboxylic acids is 3. The van der Waals surface area contributed by atoms with Crippen molar-refractivity contribution in [3.8, 4) is 5.75 Å². The van der Waals surface area contributed by atoms with Crippen molar-refractivity contribution in [2.45, 2.75) is 31.7 Å². The van der Waals surface area contributed by atoms with Gasteiger partial charge in [0, 0.05) is 30.2 Å². The molecule has 2 amide bonds. The number of fused-ring (bicyclic) bond motifs is 1. The predicted octanol–water partition coefficient (Wildman–Crippen LogP) is 3.04. The van der Waals surface area contributed by atoms with E-state index in [1.807, 2.05) is 6.07 Å². The quantitative estimate of drug-likeness (QED) is 0.494. The predicted molar refractivity (Wildman–Crippen MR) is 107 cm³/mol. The number of methoxy groups -OCH3 is 1. The summed E-state index contributed by atoms with van der Waals surface area (Å²) in [6.07, 6.45) is 1.43. The van der Waals surface area contributed by atoms with Gasteiger partial charge in [-0.05, 0) is 42.7 Å². The van der Waals surface area contributed by atoms with E-state index < -0.39 is 29.6 Å². The zero-order valence-electron chi connectivity index (χ0n) is 16.9. The number of aryl methyl sites for hydroxylation is 1. The van der Waals surface area contributed by atoms with Crippen molar-refractivity contribution in [2.75, 3.05) is 19.0 Å². The molecule has 3 rings (SSSR count). The summed E-state index contributed by atoms with van der Waals surface area (Å²) >= 11 is 0. The van der Waals surface area contributed by atoms with Crippen LogP contribution in [0.2, 0.25) is 0 Å². The van der Waals surface area contributed by atoms with Gasteiger partial charge in [0.15, 0.2) is 6.04 Å². The van der Waals surface area contributed by atoms with Crippen molar-refractivity contribution in [3.63, 3.8) is 0 Å². The van der Waals surface area contributed by atoms with E-state index in [1.165, 1.54) is 0 Å². The van der Waals surface area contributed by atoms with Crippen LogP contribution in [0.15, 0.2) is 36.4 Å². The van der Waals surface area contributed by atoms with Gasteiger partial charge in [0.2, 0.25) is 11.8 Å². The van der Waals surface area contributed by atoms with Crippen molar-refractivity contribution in [2.24, 2.45) is 0 Å². The minimum absolute atomic E-state index is 0.0158. The van der Waals surface area contributed by atoms with E-state index in [9.17, 15) is 23.2 Å². The number of anilines is 1. The minimum atomic E-state index is -1.38. The summed E-state index contributed by atoms with van der Waals surface area (Å²) in [5.74, 6) is -2.51. The number of nitrogens with one attached hydrogen (secondary N) is 2. The van der Waals surface area contributed by atoms with Gasteiger partial charge in [0.05, 0.1) is 13.7 Å². The third kappa shape index (κ3) is 5.78. The lowest BCUT2D eigenvalue weighted by Crippen LogP contribution is -2.35. The highest BCUT2D eigenvalue weighted by Crippen LogP contribution is 2.27. The largest absolute Gasteiger partial charge is 0.494 e. The van der Waals surface area contributed by atoms with Gasteiger partial charge in [0.25, 0.3) is 0 Å².